The Morgan fingerprint density at radius 1 is 1.00 bits per heavy atom. The molecule has 1 aromatic heterocycles. The molecular weight excluding hydrogens is 500 g/mol. The van der Waals surface area contributed by atoms with Gasteiger partial charge in [0.2, 0.25) is 0 Å². The monoisotopic (exact) mass is 536 g/mol. The molecule has 206 valence electrons. The number of carbonyl (C=O) groups excluding carboxylic acids is 2. The summed E-state index contributed by atoms with van der Waals surface area (Å²) in [6.07, 6.45) is 5.10. The Morgan fingerprint density at radius 3 is 2.67 bits per heavy atom. The van der Waals surface area contributed by atoms with E-state index in [9.17, 15) is 9.59 Å². The summed E-state index contributed by atoms with van der Waals surface area (Å²) in [6, 6.07) is 23.8. The van der Waals surface area contributed by atoms with Gasteiger partial charge in [0.15, 0.2) is 5.78 Å². The average Bonchev–Trinajstić information content (AvgIpc) is 3.39. The second-order valence-corrected chi connectivity index (χ2v) is 10.7. The molecule has 40 heavy (non-hydrogen) atoms. The van der Waals surface area contributed by atoms with Crippen molar-refractivity contribution in [2.45, 2.75) is 25.4 Å². The van der Waals surface area contributed by atoms with Crippen LogP contribution >= 0.6 is 0 Å². The maximum Gasteiger partial charge on any atom is 0.338 e. The highest BCUT2D eigenvalue weighted by molar-refractivity contribution is 6.00. The van der Waals surface area contributed by atoms with Gasteiger partial charge in [0.1, 0.15) is 6.61 Å². The van der Waals surface area contributed by atoms with Crippen molar-refractivity contribution in [3.8, 4) is 0 Å². The van der Waals surface area contributed by atoms with E-state index in [2.05, 4.69) is 51.6 Å². The van der Waals surface area contributed by atoms with Crippen molar-refractivity contribution < 1.29 is 14.3 Å². The topological polar surface area (TPSA) is 74.8 Å². The Kier molecular flexibility index (Phi) is 8.84. The molecule has 1 N–H and O–H groups in total. The van der Waals surface area contributed by atoms with Gasteiger partial charge in [-0.05, 0) is 55.9 Å². The van der Waals surface area contributed by atoms with Crippen molar-refractivity contribution in [2.24, 2.45) is 0 Å². The summed E-state index contributed by atoms with van der Waals surface area (Å²) in [7, 11) is 3.85. The molecule has 1 unspecified atom stereocenters. The second kappa shape index (κ2) is 12.9. The van der Waals surface area contributed by atoms with Crippen LogP contribution in [0.15, 0.2) is 85.2 Å². The number of esters is 1. The van der Waals surface area contributed by atoms with Gasteiger partial charge in [-0.1, -0.05) is 48.5 Å². The number of pyridine rings is 1. The number of aromatic nitrogens is 1. The molecule has 2 heterocycles. The van der Waals surface area contributed by atoms with Crippen LogP contribution in [0.5, 0.6) is 0 Å². The van der Waals surface area contributed by atoms with Gasteiger partial charge >= 0.3 is 5.97 Å². The SMILES string of the molecule is CN(C)CCOC(=O)c1cccc(C(=O)Cc2cccc(CN3CCC(Nc4cccc5cnccc45)C3)c2)c1. The van der Waals surface area contributed by atoms with Crippen molar-refractivity contribution >= 4 is 28.2 Å². The minimum atomic E-state index is -0.408. The first-order chi connectivity index (χ1) is 19.4. The predicted octanol–water partition coefficient (Wildman–Crippen LogP) is 5.07. The van der Waals surface area contributed by atoms with Crippen molar-refractivity contribution in [3.63, 3.8) is 0 Å². The molecule has 0 radical (unpaired) electrons. The number of nitrogens with one attached hydrogen (secondary N) is 1. The van der Waals surface area contributed by atoms with E-state index in [0.29, 0.717) is 30.3 Å². The van der Waals surface area contributed by atoms with E-state index in [-0.39, 0.29) is 12.2 Å². The Bertz CT molecular complexity index is 1480. The van der Waals surface area contributed by atoms with E-state index in [0.717, 1.165) is 42.7 Å². The third-order valence-electron chi connectivity index (χ3n) is 7.27. The number of nitrogens with zero attached hydrogens (tertiary/aromatic N) is 3. The lowest BCUT2D eigenvalue weighted by Crippen LogP contribution is -2.26. The maximum absolute atomic E-state index is 13.1. The average molecular weight is 537 g/mol. The molecule has 0 amide bonds. The number of rotatable bonds is 11. The van der Waals surface area contributed by atoms with Crippen LogP contribution in [0.3, 0.4) is 0 Å². The second-order valence-electron chi connectivity index (χ2n) is 10.7. The summed E-state index contributed by atoms with van der Waals surface area (Å²) in [5, 5.41) is 6.07. The zero-order valence-corrected chi connectivity index (χ0v) is 23.2. The fourth-order valence-corrected chi connectivity index (χ4v) is 5.17. The quantitative estimate of drug-likeness (QED) is 0.212. The lowest BCUT2D eigenvalue weighted by Gasteiger charge is -2.19. The van der Waals surface area contributed by atoms with Gasteiger partial charge in [-0.25, -0.2) is 4.79 Å². The Hall–Kier alpha value is -4.07. The lowest BCUT2D eigenvalue weighted by molar-refractivity contribution is 0.0482. The number of benzene rings is 3. The van der Waals surface area contributed by atoms with Gasteiger partial charge in [0.05, 0.1) is 5.56 Å². The van der Waals surface area contributed by atoms with Crippen LogP contribution in [0, 0.1) is 0 Å². The van der Waals surface area contributed by atoms with Crippen LogP contribution < -0.4 is 5.32 Å². The zero-order valence-electron chi connectivity index (χ0n) is 23.2. The molecule has 1 fully saturated rings. The molecular formula is C33H36N4O3. The van der Waals surface area contributed by atoms with Crippen LogP contribution in [0.2, 0.25) is 0 Å². The molecule has 5 rings (SSSR count). The normalized spacial score (nSPS) is 15.4. The van der Waals surface area contributed by atoms with Gasteiger partial charge in [-0.15, -0.1) is 0 Å². The molecule has 1 aliphatic rings. The first-order valence-corrected chi connectivity index (χ1v) is 13.8. The van der Waals surface area contributed by atoms with E-state index >= 15 is 0 Å². The molecule has 1 aliphatic heterocycles. The number of anilines is 1. The van der Waals surface area contributed by atoms with E-state index in [1.807, 2.05) is 43.5 Å². The molecule has 4 aromatic rings. The minimum absolute atomic E-state index is 0.0178. The van der Waals surface area contributed by atoms with Crippen molar-refractivity contribution in [1.29, 1.82) is 0 Å². The number of hydrogen-bond acceptors (Lipinski definition) is 7. The van der Waals surface area contributed by atoms with Crippen LogP contribution in [-0.4, -0.2) is 72.9 Å². The van der Waals surface area contributed by atoms with Crippen LogP contribution in [0.1, 0.15) is 38.3 Å². The zero-order chi connectivity index (χ0) is 27.9. The number of ether oxygens (including phenoxy) is 1. The van der Waals surface area contributed by atoms with Crippen LogP contribution in [0.25, 0.3) is 10.8 Å². The fraction of sp³-hybridized carbons (Fsp3) is 0.303. The highest BCUT2D eigenvalue weighted by atomic mass is 16.5. The van der Waals surface area contributed by atoms with Crippen LogP contribution in [0.4, 0.5) is 5.69 Å². The first-order valence-electron chi connectivity index (χ1n) is 13.8. The Labute approximate surface area is 235 Å². The van der Waals surface area contributed by atoms with E-state index in [1.165, 1.54) is 10.9 Å². The smallest absolute Gasteiger partial charge is 0.338 e. The van der Waals surface area contributed by atoms with Gasteiger partial charge in [0.25, 0.3) is 0 Å². The Morgan fingerprint density at radius 2 is 1.80 bits per heavy atom. The van der Waals surface area contributed by atoms with E-state index in [4.69, 9.17) is 4.74 Å². The van der Waals surface area contributed by atoms with E-state index < -0.39 is 5.97 Å². The molecule has 0 bridgehead atoms. The number of hydrogen-bond donors (Lipinski definition) is 1. The molecule has 3 aromatic carbocycles. The molecule has 7 heteroatoms. The van der Waals surface area contributed by atoms with Gasteiger partial charge in [-0.2, -0.15) is 0 Å². The van der Waals surface area contributed by atoms with Crippen molar-refractivity contribution in [1.82, 2.24) is 14.8 Å². The van der Waals surface area contributed by atoms with Gasteiger partial charge < -0.3 is 15.0 Å². The number of carbonyl (C=O) groups is 2. The third-order valence-corrected chi connectivity index (χ3v) is 7.27. The van der Waals surface area contributed by atoms with Crippen molar-refractivity contribution in [2.75, 3.05) is 45.7 Å². The molecule has 7 nitrogen and oxygen atoms in total. The first kappa shape index (κ1) is 27.5. The number of ketones is 1. The highest BCUT2D eigenvalue weighted by Crippen LogP contribution is 2.25. The fourth-order valence-electron chi connectivity index (χ4n) is 5.17. The number of Topliss-reactive ketones (excluding diaryl/α,β-unsaturated/α-hetero) is 1. The van der Waals surface area contributed by atoms with Gasteiger partial charge in [-0.3, -0.25) is 14.7 Å². The molecule has 0 saturated carbocycles. The van der Waals surface area contributed by atoms with E-state index in [1.54, 1.807) is 24.3 Å². The summed E-state index contributed by atoms with van der Waals surface area (Å²) in [5.41, 5.74) is 4.24. The number of likely N-dealkylation sites (tertiary alicyclic amines) is 1. The highest BCUT2D eigenvalue weighted by Gasteiger charge is 2.23. The summed E-state index contributed by atoms with van der Waals surface area (Å²) < 4.78 is 5.33. The summed E-state index contributed by atoms with van der Waals surface area (Å²) in [6.45, 7) is 3.78. The molecule has 0 spiro atoms. The summed E-state index contributed by atoms with van der Waals surface area (Å²) in [5.74, 6) is -0.426. The third kappa shape index (κ3) is 7.11. The molecule has 1 atom stereocenters. The maximum atomic E-state index is 13.1. The standard InChI is InChI=1S/C33H36N4O3/c1-36(2)16-17-40-33(39)27-9-4-8-26(20-27)32(38)19-24-6-3-7-25(18-24)22-37-15-13-29(23-37)35-31-11-5-10-28-21-34-14-12-30(28)31/h3-12,14,18,20-21,29,35H,13,15-17,19,22-23H2,1-2H3. The van der Waals surface area contributed by atoms with Crippen molar-refractivity contribution in [3.05, 3.63) is 107 Å². The van der Waals surface area contributed by atoms with Gasteiger partial charge in [0, 0.05) is 73.1 Å². The van der Waals surface area contributed by atoms with Crippen LogP contribution in [-0.2, 0) is 17.7 Å². The summed E-state index contributed by atoms with van der Waals surface area (Å²) >= 11 is 0. The number of fused-ring (bicyclic) bond motifs is 1. The summed E-state index contributed by atoms with van der Waals surface area (Å²) in [4.78, 5) is 34.1. The molecule has 0 aliphatic carbocycles. The minimum Gasteiger partial charge on any atom is -0.461 e. The molecule has 1 saturated heterocycles. The predicted molar refractivity (Wildman–Crippen MR) is 159 cm³/mol. The number of likely N-dealkylation sites (N-methyl/N-ethyl adjacent to an activating group) is 1. The lowest BCUT2D eigenvalue weighted by atomic mass is 10.00. The Balaban J connectivity index is 1.16. The largest absolute Gasteiger partial charge is 0.461 e.